The minimum Gasteiger partial charge on any atom is -0.364 e. The quantitative estimate of drug-likeness (QED) is 0.735. The summed E-state index contributed by atoms with van der Waals surface area (Å²) in [7, 11) is 0. The molecule has 1 unspecified atom stereocenters. The largest absolute Gasteiger partial charge is 0.364 e. The molecule has 5 nitrogen and oxygen atoms in total. The molecule has 0 aliphatic carbocycles. The molecule has 5 heteroatoms. The van der Waals surface area contributed by atoms with Crippen molar-refractivity contribution >= 4 is 5.82 Å². The Balaban J connectivity index is 1.78. The summed E-state index contributed by atoms with van der Waals surface area (Å²) in [6.45, 7) is 8.28. The number of hydrogen-bond acceptors (Lipinski definition) is 5. The van der Waals surface area contributed by atoms with Gasteiger partial charge in [-0.15, -0.1) is 0 Å². The molecule has 1 N–H and O–H groups in total. The van der Waals surface area contributed by atoms with E-state index in [0.29, 0.717) is 11.7 Å². The molecule has 0 saturated carbocycles. The topological polar surface area (TPSA) is 63.8 Å². The normalized spacial score (nSPS) is 12.4. The zero-order valence-corrected chi connectivity index (χ0v) is 14.4. The van der Waals surface area contributed by atoms with Crippen LogP contribution >= 0.6 is 0 Å². The lowest BCUT2D eigenvalue weighted by molar-refractivity contribution is 0.419. The molecule has 1 atom stereocenters. The summed E-state index contributed by atoms with van der Waals surface area (Å²) >= 11 is 0. The number of aromatic nitrogens is 3. The first-order valence-corrected chi connectivity index (χ1v) is 8.16. The average Bonchev–Trinajstić information content (AvgIpc) is 3.06. The minimum absolute atomic E-state index is 0.155. The highest BCUT2D eigenvalue weighted by Gasteiger charge is 2.13. The Morgan fingerprint density at radius 3 is 2.46 bits per heavy atom. The number of aryl methyl sites for hydroxylation is 1. The Morgan fingerprint density at radius 2 is 1.79 bits per heavy atom. The highest BCUT2D eigenvalue weighted by Crippen LogP contribution is 2.24. The van der Waals surface area contributed by atoms with E-state index >= 15 is 0 Å². The number of benzene rings is 1. The monoisotopic (exact) mass is 322 g/mol. The van der Waals surface area contributed by atoms with E-state index in [1.807, 2.05) is 26.0 Å². The SMILES string of the molecule is Cc1ccc(C(C)Nc2cc(-c3nc(C(C)C)no3)ccn2)cc1. The Morgan fingerprint density at radius 1 is 1.04 bits per heavy atom. The van der Waals surface area contributed by atoms with E-state index in [-0.39, 0.29) is 12.0 Å². The molecule has 24 heavy (non-hydrogen) atoms. The molecule has 0 fully saturated rings. The van der Waals surface area contributed by atoms with Crippen LogP contribution in [0.1, 0.15) is 49.7 Å². The van der Waals surface area contributed by atoms with Gasteiger partial charge in [-0.2, -0.15) is 4.98 Å². The predicted molar refractivity (Wildman–Crippen MR) is 94.8 cm³/mol. The molecule has 0 radical (unpaired) electrons. The summed E-state index contributed by atoms with van der Waals surface area (Å²) in [5.74, 6) is 2.25. The van der Waals surface area contributed by atoms with Crippen LogP contribution in [-0.4, -0.2) is 15.1 Å². The molecule has 3 aromatic rings. The van der Waals surface area contributed by atoms with Gasteiger partial charge in [-0.3, -0.25) is 0 Å². The fourth-order valence-electron chi connectivity index (χ4n) is 2.39. The van der Waals surface area contributed by atoms with Crippen molar-refractivity contribution in [2.24, 2.45) is 0 Å². The van der Waals surface area contributed by atoms with Crippen LogP contribution in [0.15, 0.2) is 47.1 Å². The summed E-state index contributed by atoms with van der Waals surface area (Å²) in [6.07, 6.45) is 1.75. The number of pyridine rings is 1. The van der Waals surface area contributed by atoms with Gasteiger partial charge in [0.05, 0.1) is 0 Å². The number of nitrogens with one attached hydrogen (secondary N) is 1. The molecular formula is C19H22N4O. The molecule has 0 bridgehead atoms. The van der Waals surface area contributed by atoms with Crippen molar-refractivity contribution < 1.29 is 4.52 Å². The van der Waals surface area contributed by atoms with Crippen LogP contribution in [0.3, 0.4) is 0 Å². The summed E-state index contributed by atoms with van der Waals surface area (Å²) in [4.78, 5) is 8.82. The van der Waals surface area contributed by atoms with Gasteiger partial charge in [-0.05, 0) is 31.5 Å². The predicted octanol–water partition coefficient (Wildman–Crippen LogP) is 4.74. The Bertz CT molecular complexity index is 808. The highest BCUT2D eigenvalue weighted by atomic mass is 16.5. The molecular weight excluding hydrogens is 300 g/mol. The Hall–Kier alpha value is -2.69. The van der Waals surface area contributed by atoms with Crippen molar-refractivity contribution in [2.75, 3.05) is 5.32 Å². The number of hydrogen-bond donors (Lipinski definition) is 1. The van der Waals surface area contributed by atoms with Crippen LogP contribution in [0.5, 0.6) is 0 Å². The van der Waals surface area contributed by atoms with Gasteiger partial charge in [-0.25, -0.2) is 4.98 Å². The molecule has 2 aromatic heterocycles. The van der Waals surface area contributed by atoms with Gasteiger partial charge in [-0.1, -0.05) is 48.8 Å². The van der Waals surface area contributed by atoms with Gasteiger partial charge in [0.1, 0.15) is 5.82 Å². The van der Waals surface area contributed by atoms with Crippen molar-refractivity contribution in [1.82, 2.24) is 15.1 Å². The summed E-state index contributed by atoms with van der Waals surface area (Å²) in [6, 6.07) is 12.4. The van der Waals surface area contributed by atoms with Crippen LogP contribution in [-0.2, 0) is 0 Å². The zero-order chi connectivity index (χ0) is 17.1. The number of anilines is 1. The van der Waals surface area contributed by atoms with Crippen LogP contribution in [0.4, 0.5) is 5.82 Å². The third kappa shape index (κ3) is 3.62. The summed E-state index contributed by atoms with van der Waals surface area (Å²) < 4.78 is 5.35. The van der Waals surface area contributed by atoms with E-state index in [9.17, 15) is 0 Å². The standard InChI is InChI=1S/C19H22N4O/c1-12(2)18-22-19(24-23-18)16-9-10-20-17(11-16)21-14(4)15-7-5-13(3)6-8-15/h5-12,14H,1-4H3,(H,20,21). The van der Waals surface area contributed by atoms with E-state index in [0.717, 1.165) is 11.4 Å². The highest BCUT2D eigenvalue weighted by molar-refractivity contribution is 5.58. The number of rotatable bonds is 5. The van der Waals surface area contributed by atoms with Gasteiger partial charge in [0, 0.05) is 23.7 Å². The van der Waals surface area contributed by atoms with Crippen molar-refractivity contribution in [1.29, 1.82) is 0 Å². The van der Waals surface area contributed by atoms with Crippen LogP contribution in [0, 0.1) is 6.92 Å². The fourth-order valence-corrected chi connectivity index (χ4v) is 2.39. The summed E-state index contributed by atoms with van der Waals surface area (Å²) in [5, 5.41) is 7.43. The third-order valence-electron chi connectivity index (χ3n) is 3.91. The van der Waals surface area contributed by atoms with Crippen LogP contribution in [0.2, 0.25) is 0 Å². The molecule has 0 spiro atoms. The minimum atomic E-state index is 0.155. The number of nitrogens with zero attached hydrogens (tertiary/aromatic N) is 3. The van der Waals surface area contributed by atoms with Gasteiger partial charge in [0.15, 0.2) is 5.82 Å². The smallest absolute Gasteiger partial charge is 0.258 e. The Kier molecular flexibility index (Phi) is 4.60. The maximum absolute atomic E-state index is 5.35. The average molecular weight is 322 g/mol. The van der Waals surface area contributed by atoms with E-state index in [2.05, 4.69) is 58.6 Å². The molecule has 2 heterocycles. The maximum atomic E-state index is 5.35. The molecule has 0 aliphatic heterocycles. The van der Waals surface area contributed by atoms with Gasteiger partial charge in [0.25, 0.3) is 5.89 Å². The zero-order valence-electron chi connectivity index (χ0n) is 14.4. The maximum Gasteiger partial charge on any atom is 0.258 e. The van der Waals surface area contributed by atoms with E-state index < -0.39 is 0 Å². The molecule has 1 aromatic carbocycles. The lowest BCUT2D eigenvalue weighted by Gasteiger charge is -2.15. The van der Waals surface area contributed by atoms with Gasteiger partial charge >= 0.3 is 0 Å². The first-order valence-electron chi connectivity index (χ1n) is 8.16. The summed E-state index contributed by atoms with van der Waals surface area (Å²) in [5.41, 5.74) is 3.33. The second-order valence-electron chi connectivity index (χ2n) is 6.32. The fraction of sp³-hybridized carbons (Fsp3) is 0.316. The lowest BCUT2D eigenvalue weighted by atomic mass is 10.1. The molecule has 124 valence electrons. The van der Waals surface area contributed by atoms with E-state index in [1.165, 1.54) is 11.1 Å². The first kappa shape index (κ1) is 16.2. The van der Waals surface area contributed by atoms with Crippen molar-refractivity contribution in [3.05, 3.63) is 59.5 Å². The van der Waals surface area contributed by atoms with Gasteiger partial charge < -0.3 is 9.84 Å². The molecule has 0 saturated heterocycles. The third-order valence-corrected chi connectivity index (χ3v) is 3.91. The van der Waals surface area contributed by atoms with E-state index in [1.54, 1.807) is 6.20 Å². The molecule has 3 rings (SSSR count). The molecule has 0 aliphatic rings. The van der Waals surface area contributed by atoms with Crippen LogP contribution < -0.4 is 5.32 Å². The van der Waals surface area contributed by atoms with Crippen LogP contribution in [0.25, 0.3) is 11.5 Å². The van der Waals surface area contributed by atoms with Crippen molar-refractivity contribution in [2.45, 2.75) is 39.7 Å². The Labute approximate surface area is 142 Å². The second-order valence-corrected chi connectivity index (χ2v) is 6.32. The second kappa shape index (κ2) is 6.83. The van der Waals surface area contributed by atoms with Crippen molar-refractivity contribution in [3.63, 3.8) is 0 Å². The van der Waals surface area contributed by atoms with Gasteiger partial charge in [0.2, 0.25) is 0 Å². The lowest BCUT2D eigenvalue weighted by Crippen LogP contribution is -2.07. The van der Waals surface area contributed by atoms with E-state index in [4.69, 9.17) is 4.52 Å². The molecule has 0 amide bonds. The first-order chi connectivity index (χ1) is 11.5. The van der Waals surface area contributed by atoms with Crippen molar-refractivity contribution in [3.8, 4) is 11.5 Å².